The van der Waals surface area contributed by atoms with Crippen LogP contribution < -0.4 is 0 Å². The number of hydrogen-bond donors (Lipinski definition) is 1. The zero-order valence-electron chi connectivity index (χ0n) is 3.10. The number of carbonyl (C=O) groups is 1. The van der Waals surface area contributed by atoms with Crippen LogP contribution in [-0.4, -0.2) is 13.4 Å². The molecule has 0 radical (unpaired) electrons. The molecule has 0 aromatic heterocycles. The van der Waals surface area contributed by atoms with Gasteiger partial charge in [0.2, 0.25) is 2.12 Å². The van der Waals surface area contributed by atoms with E-state index in [2.05, 4.69) is 4.74 Å². The minimum absolute atomic E-state index is 0.285. The fourth-order valence-electron chi connectivity index (χ4n) is 0.0762. The number of halogens is 2. The Morgan fingerprint density at radius 2 is 2.14 bits per heavy atom. The Morgan fingerprint density at radius 1 is 1.71 bits per heavy atom. The highest BCUT2D eigenvalue weighted by molar-refractivity contribution is 14.2. The van der Waals surface area contributed by atoms with E-state index in [1.807, 2.05) is 45.2 Å². The van der Waals surface area contributed by atoms with E-state index < -0.39 is 6.16 Å². The predicted octanol–water partition coefficient (Wildman–Crippen LogP) is 1.83. The van der Waals surface area contributed by atoms with Gasteiger partial charge in [0, 0.05) is 0 Å². The van der Waals surface area contributed by atoms with Crippen LogP contribution >= 0.6 is 45.2 Å². The van der Waals surface area contributed by atoms with Crippen molar-refractivity contribution in [2.45, 2.75) is 2.12 Å². The van der Waals surface area contributed by atoms with Gasteiger partial charge in [0.25, 0.3) is 0 Å². The summed E-state index contributed by atoms with van der Waals surface area (Å²) in [4.78, 5) is 9.58. The summed E-state index contributed by atoms with van der Waals surface area (Å²) in [5.74, 6) is 0. The van der Waals surface area contributed by atoms with Crippen molar-refractivity contribution in [1.29, 1.82) is 0 Å². The number of ether oxygens (including phenoxy) is 1. The average molecular weight is 328 g/mol. The molecule has 0 aliphatic heterocycles. The molecule has 3 nitrogen and oxygen atoms in total. The van der Waals surface area contributed by atoms with Crippen molar-refractivity contribution >= 4 is 51.3 Å². The lowest BCUT2D eigenvalue weighted by Crippen LogP contribution is -2.01. The van der Waals surface area contributed by atoms with Crippen LogP contribution in [0.15, 0.2) is 0 Å². The molecule has 0 aromatic rings. The number of alkyl halides is 2. The van der Waals surface area contributed by atoms with Crippen LogP contribution in [0.25, 0.3) is 0 Å². The Balaban J connectivity index is 3.13. The van der Waals surface area contributed by atoms with Gasteiger partial charge in [0.15, 0.2) is 0 Å². The van der Waals surface area contributed by atoms with Gasteiger partial charge in [-0.25, -0.2) is 4.79 Å². The van der Waals surface area contributed by atoms with Crippen molar-refractivity contribution in [3.8, 4) is 0 Å². The molecule has 0 saturated heterocycles. The molecule has 0 unspecified atom stereocenters. The third kappa shape index (κ3) is 6.73. The van der Waals surface area contributed by atoms with Crippen LogP contribution in [0.4, 0.5) is 4.79 Å². The Morgan fingerprint density at radius 3 is 2.14 bits per heavy atom. The number of hydrogen-bond acceptors (Lipinski definition) is 2. The zero-order valence-corrected chi connectivity index (χ0v) is 7.41. The minimum Gasteiger partial charge on any atom is -0.450 e. The standard InChI is InChI=1S/C2H2I2O3/c3-1(4)7-2(5)6/h1H,(H,5,6). The van der Waals surface area contributed by atoms with Gasteiger partial charge in [-0.3, -0.25) is 0 Å². The quantitative estimate of drug-likeness (QED) is 0.454. The Bertz CT molecular complexity index is 71.3. The lowest BCUT2D eigenvalue weighted by atomic mass is 11.4. The Kier molecular flexibility index (Phi) is 4.08. The van der Waals surface area contributed by atoms with Crippen LogP contribution in [-0.2, 0) is 4.74 Å². The molecule has 0 amide bonds. The molecule has 5 heteroatoms. The topological polar surface area (TPSA) is 46.5 Å². The first kappa shape index (κ1) is 7.73. The minimum atomic E-state index is -1.23. The molecule has 0 fully saturated rings. The van der Waals surface area contributed by atoms with E-state index in [0.29, 0.717) is 0 Å². The summed E-state index contributed by atoms with van der Waals surface area (Å²) in [6, 6.07) is 0. The maximum absolute atomic E-state index is 9.58. The zero-order chi connectivity index (χ0) is 5.86. The maximum Gasteiger partial charge on any atom is 0.507 e. The second-order valence-corrected chi connectivity index (χ2v) is 5.29. The Hall–Kier alpha value is 0.730. The molecule has 7 heavy (non-hydrogen) atoms. The van der Waals surface area contributed by atoms with E-state index in [9.17, 15) is 4.79 Å². The smallest absolute Gasteiger partial charge is 0.450 e. The van der Waals surface area contributed by atoms with Gasteiger partial charge < -0.3 is 9.84 Å². The van der Waals surface area contributed by atoms with E-state index in [0.717, 1.165) is 0 Å². The third-order valence-corrected chi connectivity index (χ3v) is 0.698. The van der Waals surface area contributed by atoms with Crippen LogP contribution in [0, 0.1) is 0 Å². The highest BCUT2D eigenvalue weighted by Crippen LogP contribution is 2.10. The molecule has 0 bridgehead atoms. The summed E-state index contributed by atoms with van der Waals surface area (Å²) in [7, 11) is 0. The number of carboxylic acid groups (broad SMARTS) is 1. The summed E-state index contributed by atoms with van der Waals surface area (Å²) < 4.78 is 3.86. The second-order valence-electron chi connectivity index (χ2n) is 0.644. The van der Waals surface area contributed by atoms with Gasteiger partial charge in [0.1, 0.15) is 0 Å². The molecule has 0 rings (SSSR count). The van der Waals surface area contributed by atoms with Gasteiger partial charge in [0.05, 0.1) is 0 Å². The van der Waals surface area contributed by atoms with Crippen LogP contribution in [0.5, 0.6) is 0 Å². The summed E-state index contributed by atoms with van der Waals surface area (Å²) >= 11 is 3.68. The van der Waals surface area contributed by atoms with Crippen molar-refractivity contribution < 1.29 is 14.6 Å². The Labute approximate surface area is 67.7 Å². The van der Waals surface area contributed by atoms with Crippen LogP contribution in [0.2, 0.25) is 0 Å². The van der Waals surface area contributed by atoms with Crippen molar-refractivity contribution in [2.24, 2.45) is 0 Å². The fraction of sp³-hybridized carbons (Fsp3) is 0.500. The van der Waals surface area contributed by atoms with Gasteiger partial charge in [-0.05, 0) is 45.2 Å². The van der Waals surface area contributed by atoms with Gasteiger partial charge >= 0.3 is 6.16 Å². The van der Waals surface area contributed by atoms with Crippen molar-refractivity contribution in [1.82, 2.24) is 0 Å². The molecule has 0 atom stereocenters. The van der Waals surface area contributed by atoms with E-state index in [4.69, 9.17) is 5.11 Å². The first-order valence-electron chi connectivity index (χ1n) is 1.30. The van der Waals surface area contributed by atoms with Crippen LogP contribution in [0.3, 0.4) is 0 Å². The van der Waals surface area contributed by atoms with Gasteiger partial charge in [-0.2, -0.15) is 0 Å². The largest absolute Gasteiger partial charge is 0.507 e. The third-order valence-electron chi connectivity index (χ3n) is 0.190. The average Bonchev–Trinajstić information content (AvgIpc) is 1.27. The molecule has 0 aliphatic carbocycles. The van der Waals surface area contributed by atoms with Gasteiger partial charge in [-0.15, -0.1) is 0 Å². The van der Waals surface area contributed by atoms with E-state index in [-0.39, 0.29) is 2.12 Å². The fourth-order valence-corrected chi connectivity index (χ4v) is 0.511. The summed E-state index contributed by atoms with van der Waals surface area (Å²) in [5, 5.41) is 7.85. The van der Waals surface area contributed by atoms with E-state index >= 15 is 0 Å². The SMILES string of the molecule is O=C(O)OC(I)I. The molecule has 0 aromatic carbocycles. The molecule has 0 aliphatic rings. The highest BCUT2D eigenvalue weighted by atomic mass is 127. The van der Waals surface area contributed by atoms with Crippen LogP contribution in [0.1, 0.15) is 0 Å². The molecular formula is C2H2I2O3. The first-order chi connectivity index (χ1) is 3.13. The lowest BCUT2D eigenvalue weighted by Gasteiger charge is -1.96. The van der Waals surface area contributed by atoms with Gasteiger partial charge in [-0.1, -0.05) is 0 Å². The molecule has 0 saturated carbocycles. The molecule has 42 valence electrons. The maximum atomic E-state index is 9.58. The monoisotopic (exact) mass is 328 g/mol. The lowest BCUT2D eigenvalue weighted by molar-refractivity contribution is 0.108. The highest BCUT2D eigenvalue weighted by Gasteiger charge is 2.00. The normalized spacial score (nSPS) is 9.00. The molecule has 1 N–H and O–H groups in total. The van der Waals surface area contributed by atoms with E-state index in [1.165, 1.54) is 0 Å². The summed E-state index contributed by atoms with van der Waals surface area (Å²) in [5.41, 5.74) is 0. The van der Waals surface area contributed by atoms with Crippen molar-refractivity contribution in [2.75, 3.05) is 0 Å². The summed E-state index contributed by atoms with van der Waals surface area (Å²) in [6.45, 7) is 0. The van der Waals surface area contributed by atoms with Crippen molar-refractivity contribution in [3.63, 3.8) is 0 Å². The first-order valence-corrected chi connectivity index (χ1v) is 3.80. The second kappa shape index (κ2) is 3.70. The van der Waals surface area contributed by atoms with Crippen molar-refractivity contribution in [3.05, 3.63) is 0 Å². The predicted molar refractivity (Wildman–Crippen MR) is 40.9 cm³/mol. The molecular weight excluding hydrogens is 326 g/mol. The molecule has 0 heterocycles. The molecule has 0 spiro atoms. The van der Waals surface area contributed by atoms with E-state index in [1.54, 1.807) is 0 Å². The summed E-state index contributed by atoms with van der Waals surface area (Å²) in [6.07, 6.45) is -1.23. The number of rotatable bonds is 1.